The summed E-state index contributed by atoms with van der Waals surface area (Å²) >= 11 is 0. The molecule has 0 amide bonds. The largest absolute Gasteiger partial charge is 0.394 e. The molecule has 0 radical (unpaired) electrons. The van der Waals surface area contributed by atoms with Gasteiger partial charge in [-0.15, -0.1) is 0 Å². The predicted octanol–water partition coefficient (Wildman–Crippen LogP) is -1.98. The topological polar surface area (TPSA) is 140 Å². The van der Waals surface area contributed by atoms with Gasteiger partial charge in [0, 0.05) is 0 Å². The number of aromatic nitrogens is 4. The van der Waals surface area contributed by atoms with Gasteiger partial charge in [0.1, 0.15) is 23.8 Å². The van der Waals surface area contributed by atoms with E-state index in [0.29, 0.717) is 11.2 Å². The van der Waals surface area contributed by atoms with Crippen LogP contribution >= 0.6 is 0 Å². The first-order chi connectivity index (χ1) is 9.11. The Labute approximate surface area is 107 Å². The average molecular weight is 267 g/mol. The van der Waals surface area contributed by atoms with Gasteiger partial charge < -0.3 is 25.8 Å². The molecule has 0 bridgehead atoms. The van der Waals surface area contributed by atoms with Crippen molar-refractivity contribution in [1.82, 2.24) is 19.5 Å². The average Bonchev–Trinajstić information content (AvgIpc) is 2.92. The van der Waals surface area contributed by atoms with Crippen molar-refractivity contribution < 1.29 is 20.1 Å². The highest BCUT2D eigenvalue weighted by molar-refractivity contribution is 5.70. The molecule has 9 heteroatoms. The van der Waals surface area contributed by atoms with Crippen LogP contribution in [-0.2, 0) is 4.74 Å². The van der Waals surface area contributed by atoms with E-state index in [4.69, 9.17) is 15.6 Å². The fraction of sp³-hybridized carbons (Fsp3) is 0.500. The van der Waals surface area contributed by atoms with Crippen LogP contribution in [0, 0.1) is 0 Å². The van der Waals surface area contributed by atoms with Crippen molar-refractivity contribution in [2.75, 3.05) is 12.3 Å². The molecular formula is C10H13N5O4. The maximum atomic E-state index is 9.95. The SMILES string of the molecule is Nc1ncc2ncn([C@H]3O[C@@H](CO)[C@@H](O)[C@H]3O)c2n1. The number of aliphatic hydroxyl groups excluding tert-OH is 3. The summed E-state index contributed by atoms with van der Waals surface area (Å²) < 4.78 is 6.85. The summed E-state index contributed by atoms with van der Waals surface area (Å²) in [4.78, 5) is 11.9. The van der Waals surface area contributed by atoms with E-state index in [1.54, 1.807) is 0 Å². The molecule has 2 aromatic heterocycles. The van der Waals surface area contributed by atoms with Gasteiger partial charge >= 0.3 is 0 Å². The Morgan fingerprint density at radius 3 is 2.79 bits per heavy atom. The molecule has 3 rings (SSSR count). The molecule has 3 heterocycles. The molecule has 102 valence electrons. The molecule has 0 aliphatic carbocycles. The summed E-state index contributed by atoms with van der Waals surface area (Å²) in [5.41, 5.74) is 6.39. The number of hydrogen-bond donors (Lipinski definition) is 4. The molecule has 1 aliphatic rings. The van der Waals surface area contributed by atoms with Gasteiger partial charge in [0.2, 0.25) is 5.95 Å². The van der Waals surface area contributed by atoms with Crippen molar-refractivity contribution in [3.05, 3.63) is 12.5 Å². The summed E-state index contributed by atoms with van der Waals surface area (Å²) in [5, 5.41) is 28.7. The van der Waals surface area contributed by atoms with E-state index in [2.05, 4.69) is 15.0 Å². The van der Waals surface area contributed by atoms with Gasteiger partial charge in [0.25, 0.3) is 0 Å². The van der Waals surface area contributed by atoms with Crippen molar-refractivity contribution in [1.29, 1.82) is 0 Å². The van der Waals surface area contributed by atoms with Gasteiger partial charge in [-0.05, 0) is 0 Å². The first kappa shape index (κ1) is 12.2. The fourth-order valence-electron chi connectivity index (χ4n) is 2.14. The molecule has 5 N–H and O–H groups in total. The number of imidazole rings is 1. The third-order valence-corrected chi connectivity index (χ3v) is 3.13. The number of nitrogens with two attached hydrogens (primary N) is 1. The molecule has 1 saturated heterocycles. The number of aliphatic hydroxyl groups is 3. The van der Waals surface area contributed by atoms with Gasteiger partial charge in [-0.25, -0.2) is 9.97 Å². The van der Waals surface area contributed by atoms with E-state index in [9.17, 15) is 10.2 Å². The molecule has 0 spiro atoms. The molecular weight excluding hydrogens is 254 g/mol. The van der Waals surface area contributed by atoms with Crippen LogP contribution in [0.2, 0.25) is 0 Å². The Kier molecular flexibility index (Phi) is 2.82. The molecule has 4 atom stereocenters. The lowest BCUT2D eigenvalue weighted by Crippen LogP contribution is -2.33. The third-order valence-electron chi connectivity index (χ3n) is 3.13. The first-order valence-electron chi connectivity index (χ1n) is 5.69. The van der Waals surface area contributed by atoms with Crippen LogP contribution in [0.4, 0.5) is 5.95 Å². The van der Waals surface area contributed by atoms with E-state index >= 15 is 0 Å². The number of nitrogen functional groups attached to an aromatic ring is 1. The van der Waals surface area contributed by atoms with Crippen LogP contribution in [0.1, 0.15) is 6.23 Å². The number of hydrogen-bond acceptors (Lipinski definition) is 8. The second-order valence-corrected chi connectivity index (χ2v) is 4.32. The van der Waals surface area contributed by atoms with Crippen molar-refractivity contribution in [2.45, 2.75) is 24.5 Å². The molecule has 0 aromatic carbocycles. The first-order valence-corrected chi connectivity index (χ1v) is 5.69. The number of anilines is 1. The zero-order chi connectivity index (χ0) is 13.6. The molecule has 0 saturated carbocycles. The van der Waals surface area contributed by atoms with E-state index in [1.165, 1.54) is 17.1 Å². The van der Waals surface area contributed by atoms with Gasteiger partial charge in [0.15, 0.2) is 11.9 Å². The fourth-order valence-corrected chi connectivity index (χ4v) is 2.14. The van der Waals surface area contributed by atoms with E-state index in [-0.39, 0.29) is 5.95 Å². The van der Waals surface area contributed by atoms with Gasteiger partial charge in [-0.3, -0.25) is 4.57 Å². The summed E-state index contributed by atoms with van der Waals surface area (Å²) in [6.07, 6.45) is -1.23. The van der Waals surface area contributed by atoms with E-state index < -0.39 is 31.1 Å². The van der Waals surface area contributed by atoms with Gasteiger partial charge in [-0.2, -0.15) is 4.98 Å². The molecule has 9 nitrogen and oxygen atoms in total. The number of rotatable bonds is 2. The number of fused-ring (bicyclic) bond motifs is 1. The van der Waals surface area contributed by atoms with Crippen LogP contribution in [0.15, 0.2) is 12.5 Å². The normalized spacial score (nSPS) is 31.1. The number of ether oxygens (including phenoxy) is 1. The standard InChI is InChI=1S/C10H13N5O4/c11-10-12-1-4-8(14-10)15(3-13-4)9-7(18)6(17)5(2-16)19-9/h1,3,5-7,9,16-18H,2H2,(H2,11,12,14)/t5-,6+,7+,9-/m0/s1. The van der Waals surface area contributed by atoms with Crippen LogP contribution in [0.5, 0.6) is 0 Å². The summed E-state index contributed by atoms with van der Waals surface area (Å²) in [7, 11) is 0. The quantitative estimate of drug-likeness (QED) is 0.491. The molecule has 1 aliphatic heterocycles. The maximum Gasteiger partial charge on any atom is 0.222 e. The maximum absolute atomic E-state index is 9.95. The molecule has 1 fully saturated rings. The van der Waals surface area contributed by atoms with Crippen LogP contribution < -0.4 is 5.73 Å². The molecule has 2 aromatic rings. The lowest BCUT2D eigenvalue weighted by molar-refractivity contribution is -0.0511. The van der Waals surface area contributed by atoms with Crippen molar-refractivity contribution in [3.8, 4) is 0 Å². The predicted molar refractivity (Wildman–Crippen MR) is 62.7 cm³/mol. The van der Waals surface area contributed by atoms with Crippen molar-refractivity contribution in [3.63, 3.8) is 0 Å². The summed E-state index contributed by atoms with van der Waals surface area (Å²) in [6, 6.07) is 0. The van der Waals surface area contributed by atoms with Crippen LogP contribution in [-0.4, -0.2) is 59.8 Å². The second kappa shape index (κ2) is 4.38. The minimum absolute atomic E-state index is 0.0704. The minimum atomic E-state index is -1.19. The van der Waals surface area contributed by atoms with Crippen LogP contribution in [0.3, 0.4) is 0 Å². The van der Waals surface area contributed by atoms with Crippen LogP contribution in [0.25, 0.3) is 11.2 Å². The summed E-state index contributed by atoms with van der Waals surface area (Å²) in [6.45, 7) is -0.390. The van der Waals surface area contributed by atoms with Crippen molar-refractivity contribution in [2.24, 2.45) is 0 Å². The van der Waals surface area contributed by atoms with E-state index in [0.717, 1.165) is 0 Å². The number of nitrogens with zero attached hydrogens (tertiary/aromatic N) is 4. The molecule has 19 heavy (non-hydrogen) atoms. The highest BCUT2D eigenvalue weighted by atomic mass is 16.6. The highest BCUT2D eigenvalue weighted by Crippen LogP contribution is 2.31. The van der Waals surface area contributed by atoms with Gasteiger partial charge in [-0.1, -0.05) is 0 Å². The lowest BCUT2D eigenvalue weighted by atomic mass is 10.1. The Morgan fingerprint density at radius 2 is 2.11 bits per heavy atom. The Morgan fingerprint density at radius 1 is 1.32 bits per heavy atom. The van der Waals surface area contributed by atoms with Crippen molar-refractivity contribution >= 4 is 17.1 Å². The lowest BCUT2D eigenvalue weighted by Gasteiger charge is -2.16. The van der Waals surface area contributed by atoms with E-state index in [1.807, 2.05) is 0 Å². The zero-order valence-electron chi connectivity index (χ0n) is 9.79. The highest BCUT2D eigenvalue weighted by Gasteiger charge is 2.43. The Balaban J connectivity index is 2.03. The Hall–Kier alpha value is -1.81. The zero-order valence-corrected chi connectivity index (χ0v) is 9.79. The smallest absolute Gasteiger partial charge is 0.222 e. The third kappa shape index (κ3) is 1.83. The minimum Gasteiger partial charge on any atom is -0.394 e. The van der Waals surface area contributed by atoms with Gasteiger partial charge in [0.05, 0.1) is 19.1 Å². The Bertz CT molecular complexity index is 603. The monoisotopic (exact) mass is 267 g/mol. The summed E-state index contributed by atoms with van der Waals surface area (Å²) in [5.74, 6) is 0.0704. The molecule has 0 unspecified atom stereocenters. The second-order valence-electron chi connectivity index (χ2n) is 4.32.